The van der Waals surface area contributed by atoms with Crippen molar-refractivity contribution in [3.8, 4) is 11.1 Å². The second kappa shape index (κ2) is 5.60. The van der Waals surface area contributed by atoms with E-state index in [1.165, 1.54) is 0 Å². The molecule has 4 nitrogen and oxygen atoms in total. The van der Waals surface area contributed by atoms with E-state index in [0.29, 0.717) is 12.2 Å². The Morgan fingerprint density at radius 3 is 2.61 bits per heavy atom. The third kappa shape index (κ3) is 2.65. The maximum atomic E-state index is 11.8. The van der Waals surface area contributed by atoms with Gasteiger partial charge in [-0.2, -0.15) is 0 Å². The van der Waals surface area contributed by atoms with Gasteiger partial charge in [0.25, 0.3) is 0 Å². The lowest BCUT2D eigenvalue weighted by molar-refractivity contribution is 0.0527. The lowest BCUT2D eigenvalue weighted by Gasteiger charge is -2.08. The quantitative estimate of drug-likeness (QED) is 0.630. The van der Waals surface area contributed by atoms with E-state index in [0.717, 1.165) is 11.1 Å². The van der Waals surface area contributed by atoms with Crippen LogP contribution in [0.5, 0.6) is 0 Å². The van der Waals surface area contributed by atoms with Crippen LogP contribution in [-0.2, 0) is 4.74 Å². The molecule has 5 heteroatoms. The summed E-state index contributed by atoms with van der Waals surface area (Å²) in [7, 11) is 0. The van der Waals surface area contributed by atoms with Crippen molar-refractivity contribution in [3.05, 3.63) is 47.5 Å². The number of esters is 1. The Hall–Kier alpha value is -1.94. The van der Waals surface area contributed by atoms with Gasteiger partial charge in [0.15, 0.2) is 0 Å². The van der Waals surface area contributed by atoms with Crippen LogP contribution in [0.1, 0.15) is 17.3 Å². The van der Waals surface area contributed by atoms with E-state index in [2.05, 4.69) is 9.97 Å². The Morgan fingerprint density at radius 2 is 1.94 bits per heavy atom. The molecule has 2 rings (SSSR count). The Labute approximate surface area is 110 Å². The minimum absolute atomic E-state index is 0.173. The van der Waals surface area contributed by atoms with Crippen LogP contribution in [-0.4, -0.2) is 22.5 Å². The molecule has 0 aliphatic carbocycles. The van der Waals surface area contributed by atoms with Crippen LogP contribution in [0.2, 0.25) is 5.28 Å². The van der Waals surface area contributed by atoms with Crippen LogP contribution >= 0.6 is 11.6 Å². The molecule has 0 aliphatic rings. The molecule has 0 atom stereocenters. The van der Waals surface area contributed by atoms with Crippen LogP contribution in [0.3, 0.4) is 0 Å². The van der Waals surface area contributed by atoms with Crippen molar-refractivity contribution in [1.29, 1.82) is 0 Å². The van der Waals surface area contributed by atoms with Crippen LogP contribution in [0.4, 0.5) is 0 Å². The highest BCUT2D eigenvalue weighted by molar-refractivity contribution is 6.28. The Kier molecular flexibility index (Phi) is 3.89. The van der Waals surface area contributed by atoms with Gasteiger partial charge in [-0.25, -0.2) is 14.8 Å². The molecule has 0 spiro atoms. The van der Waals surface area contributed by atoms with Crippen LogP contribution < -0.4 is 0 Å². The van der Waals surface area contributed by atoms with E-state index < -0.39 is 0 Å². The normalized spacial score (nSPS) is 10.1. The largest absolute Gasteiger partial charge is 0.462 e. The van der Waals surface area contributed by atoms with Crippen molar-refractivity contribution >= 4 is 17.6 Å². The number of carbonyl (C=O) groups excluding carboxylic acids is 1. The van der Waals surface area contributed by atoms with E-state index in [1.807, 2.05) is 12.1 Å². The summed E-state index contributed by atoms with van der Waals surface area (Å²) >= 11 is 5.64. The number of halogens is 1. The highest BCUT2D eigenvalue weighted by Gasteiger charge is 2.13. The summed E-state index contributed by atoms with van der Waals surface area (Å²) in [5.41, 5.74) is 1.95. The summed E-state index contributed by atoms with van der Waals surface area (Å²) < 4.78 is 5.01. The minimum Gasteiger partial charge on any atom is -0.462 e. The molecule has 0 bridgehead atoms. The first-order chi connectivity index (χ1) is 8.72. The predicted molar refractivity (Wildman–Crippen MR) is 68.4 cm³/mol. The van der Waals surface area contributed by atoms with Gasteiger partial charge in [0.05, 0.1) is 12.2 Å². The number of hydrogen-bond donors (Lipinski definition) is 0. The number of ether oxygens (including phenoxy) is 1. The number of nitrogens with zero attached hydrogens (tertiary/aromatic N) is 2. The van der Waals surface area contributed by atoms with Crippen molar-refractivity contribution in [3.63, 3.8) is 0 Å². The average molecular weight is 263 g/mol. The maximum Gasteiger partial charge on any atom is 0.338 e. The zero-order valence-electron chi connectivity index (χ0n) is 9.76. The van der Waals surface area contributed by atoms with Crippen LogP contribution in [0.25, 0.3) is 11.1 Å². The van der Waals surface area contributed by atoms with E-state index in [9.17, 15) is 4.79 Å². The van der Waals surface area contributed by atoms with Gasteiger partial charge in [-0.15, -0.1) is 0 Å². The average Bonchev–Trinajstić information content (AvgIpc) is 2.40. The smallest absolute Gasteiger partial charge is 0.338 e. The summed E-state index contributed by atoms with van der Waals surface area (Å²) in [6.07, 6.45) is 3.15. The highest BCUT2D eigenvalue weighted by atomic mass is 35.5. The number of benzene rings is 1. The third-order valence-corrected chi connectivity index (χ3v) is 2.55. The number of aromatic nitrogens is 2. The summed E-state index contributed by atoms with van der Waals surface area (Å²) in [6, 6.07) is 7.15. The fourth-order valence-electron chi connectivity index (χ4n) is 1.57. The number of hydrogen-bond acceptors (Lipinski definition) is 4. The first kappa shape index (κ1) is 12.5. The van der Waals surface area contributed by atoms with Crippen LogP contribution in [0, 0.1) is 0 Å². The predicted octanol–water partition coefficient (Wildman–Crippen LogP) is 2.97. The molecule has 92 valence electrons. The van der Waals surface area contributed by atoms with Crippen molar-refractivity contribution in [2.75, 3.05) is 6.61 Å². The topological polar surface area (TPSA) is 52.1 Å². The molecule has 1 heterocycles. The van der Waals surface area contributed by atoms with Gasteiger partial charge in [-0.05, 0) is 30.2 Å². The molecule has 0 N–H and O–H groups in total. The Morgan fingerprint density at radius 1 is 1.28 bits per heavy atom. The van der Waals surface area contributed by atoms with Crippen molar-refractivity contribution in [2.24, 2.45) is 0 Å². The second-order valence-corrected chi connectivity index (χ2v) is 3.84. The molecule has 1 aromatic heterocycles. The zero-order chi connectivity index (χ0) is 13.0. The van der Waals surface area contributed by atoms with Crippen molar-refractivity contribution in [2.45, 2.75) is 6.92 Å². The minimum atomic E-state index is -0.358. The first-order valence-corrected chi connectivity index (χ1v) is 5.84. The van der Waals surface area contributed by atoms with Crippen molar-refractivity contribution < 1.29 is 9.53 Å². The SMILES string of the molecule is CCOC(=O)c1ccccc1-c1cnc(Cl)nc1. The summed E-state index contributed by atoms with van der Waals surface area (Å²) in [5.74, 6) is -0.358. The van der Waals surface area contributed by atoms with Gasteiger partial charge in [0.1, 0.15) is 0 Å². The highest BCUT2D eigenvalue weighted by Crippen LogP contribution is 2.23. The molecule has 0 unspecified atom stereocenters. The maximum absolute atomic E-state index is 11.8. The van der Waals surface area contributed by atoms with Gasteiger partial charge in [0, 0.05) is 18.0 Å². The molecular weight excluding hydrogens is 252 g/mol. The standard InChI is InChI=1S/C13H11ClN2O2/c1-2-18-12(17)11-6-4-3-5-10(11)9-7-15-13(14)16-8-9/h3-8H,2H2,1H3. The van der Waals surface area contributed by atoms with Crippen molar-refractivity contribution in [1.82, 2.24) is 9.97 Å². The van der Waals surface area contributed by atoms with E-state index >= 15 is 0 Å². The lowest BCUT2D eigenvalue weighted by Crippen LogP contribution is -2.06. The van der Waals surface area contributed by atoms with Gasteiger partial charge in [-0.3, -0.25) is 0 Å². The Bertz CT molecular complexity index is 555. The van der Waals surface area contributed by atoms with E-state index in [4.69, 9.17) is 16.3 Å². The fraction of sp³-hybridized carbons (Fsp3) is 0.154. The van der Waals surface area contributed by atoms with Gasteiger partial charge >= 0.3 is 5.97 Å². The van der Waals surface area contributed by atoms with Crippen LogP contribution in [0.15, 0.2) is 36.7 Å². The summed E-state index contributed by atoms with van der Waals surface area (Å²) in [5, 5.41) is 0.173. The van der Waals surface area contributed by atoms with Gasteiger partial charge in [0.2, 0.25) is 5.28 Å². The molecule has 0 saturated heterocycles. The lowest BCUT2D eigenvalue weighted by atomic mass is 10.0. The molecular formula is C13H11ClN2O2. The van der Waals surface area contributed by atoms with E-state index in [-0.39, 0.29) is 11.3 Å². The number of carbonyl (C=O) groups is 1. The molecule has 0 amide bonds. The third-order valence-electron chi connectivity index (χ3n) is 2.35. The fourth-order valence-corrected chi connectivity index (χ4v) is 1.67. The molecule has 18 heavy (non-hydrogen) atoms. The molecule has 2 aromatic rings. The summed E-state index contributed by atoms with van der Waals surface area (Å²) in [4.78, 5) is 19.6. The molecule has 0 radical (unpaired) electrons. The molecule has 0 fully saturated rings. The first-order valence-electron chi connectivity index (χ1n) is 5.46. The molecule has 1 aromatic carbocycles. The Balaban J connectivity index is 2.44. The molecule has 0 saturated carbocycles. The molecule has 0 aliphatic heterocycles. The van der Waals surface area contributed by atoms with Gasteiger partial charge in [-0.1, -0.05) is 18.2 Å². The zero-order valence-corrected chi connectivity index (χ0v) is 10.5. The van der Waals surface area contributed by atoms with Gasteiger partial charge < -0.3 is 4.74 Å². The number of rotatable bonds is 3. The van der Waals surface area contributed by atoms with E-state index in [1.54, 1.807) is 31.5 Å². The monoisotopic (exact) mass is 262 g/mol. The summed E-state index contributed by atoms with van der Waals surface area (Å²) in [6.45, 7) is 2.11. The second-order valence-electron chi connectivity index (χ2n) is 3.51.